The molecule has 0 aliphatic carbocycles. The molecule has 0 bridgehead atoms. The van der Waals surface area contributed by atoms with Crippen molar-refractivity contribution in [3.63, 3.8) is 0 Å². The molecule has 1 aromatic carbocycles. The summed E-state index contributed by atoms with van der Waals surface area (Å²) in [6, 6.07) is 7.26. The van der Waals surface area contributed by atoms with Crippen molar-refractivity contribution in [1.29, 1.82) is 0 Å². The minimum absolute atomic E-state index is 0.123. The van der Waals surface area contributed by atoms with Crippen LogP contribution in [0.2, 0.25) is 0 Å². The van der Waals surface area contributed by atoms with Crippen LogP contribution >= 0.6 is 15.9 Å². The molecule has 2 aromatic heterocycles. The molecule has 3 aromatic rings. The van der Waals surface area contributed by atoms with Crippen molar-refractivity contribution in [1.82, 2.24) is 14.3 Å². The highest BCUT2D eigenvalue weighted by atomic mass is 79.9. The van der Waals surface area contributed by atoms with Crippen molar-refractivity contribution in [3.8, 4) is 0 Å². The zero-order chi connectivity index (χ0) is 16.8. The number of hydrogen-bond acceptors (Lipinski definition) is 2. The number of fused-ring (bicyclic) bond motifs is 2. The highest BCUT2D eigenvalue weighted by Gasteiger charge is 2.25. The Balaban J connectivity index is 1.64. The van der Waals surface area contributed by atoms with Gasteiger partial charge < -0.3 is 9.30 Å². The molecule has 1 amide bonds. The first-order valence-electron chi connectivity index (χ1n) is 7.73. The van der Waals surface area contributed by atoms with Crippen LogP contribution in [0.4, 0.5) is 4.39 Å². The van der Waals surface area contributed by atoms with Gasteiger partial charge in [0.15, 0.2) is 0 Å². The smallest absolute Gasteiger partial charge is 0.274 e. The van der Waals surface area contributed by atoms with Crippen molar-refractivity contribution in [2.45, 2.75) is 19.9 Å². The SMILES string of the molecule is Cc1ccn2cc(C(=O)N3CCc4c(F)cc(Br)cc4C3)nc2c1. The lowest BCUT2D eigenvalue weighted by atomic mass is 9.99. The first kappa shape index (κ1) is 15.3. The zero-order valence-electron chi connectivity index (χ0n) is 13.1. The van der Waals surface area contributed by atoms with Crippen molar-refractivity contribution < 1.29 is 9.18 Å². The summed E-state index contributed by atoms with van der Waals surface area (Å²) < 4.78 is 16.5. The highest BCUT2D eigenvalue weighted by molar-refractivity contribution is 9.10. The van der Waals surface area contributed by atoms with Gasteiger partial charge in [0, 0.05) is 30.0 Å². The number of benzene rings is 1. The second-order valence-electron chi connectivity index (χ2n) is 6.10. The van der Waals surface area contributed by atoms with Gasteiger partial charge in [0.25, 0.3) is 5.91 Å². The monoisotopic (exact) mass is 387 g/mol. The Kier molecular flexibility index (Phi) is 3.64. The molecule has 6 heteroatoms. The largest absolute Gasteiger partial charge is 0.333 e. The summed E-state index contributed by atoms with van der Waals surface area (Å²) in [7, 11) is 0. The summed E-state index contributed by atoms with van der Waals surface area (Å²) in [6.45, 7) is 2.89. The van der Waals surface area contributed by atoms with Crippen LogP contribution in [0.3, 0.4) is 0 Å². The number of aromatic nitrogens is 2. The van der Waals surface area contributed by atoms with Gasteiger partial charge in [-0.25, -0.2) is 9.37 Å². The van der Waals surface area contributed by atoms with Crippen molar-refractivity contribution in [3.05, 3.63) is 69.3 Å². The second kappa shape index (κ2) is 5.70. The molecule has 24 heavy (non-hydrogen) atoms. The van der Waals surface area contributed by atoms with Crippen LogP contribution in [0, 0.1) is 12.7 Å². The van der Waals surface area contributed by atoms with E-state index in [-0.39, 0.29) is 11.7 Å². The number of nitrogens with zero attached hydrogens (tertiary/aromatic N) is 3. The van der Waals surface area contributed by atoms with Crippen molar-refractivity contribution >= 4 is 27.5 Å². The van der Waals surface area contributed by atoms with E-state index < -0.39 is 0 Å². The van der Waals surface area contributed by atoms with Crippen LogP contribution in [-0.2, 0) is 13.0 Å². The second-order valence-corrected chi connectivity index (χ2v) is 7.01. The van der Waals surface area contributed by atoms with Gasteiger partial charge in [-0.1, -0.05) is 15.9 Å². The van der Waals surface area contributed by atoms with E-state index in [9.17, 15) is 9.18 Å². The Morgan fingerprint density at radius 2 is 2.17 bits per heavy atom. The number of hydrogen-bond donors (Lipinski definition) is 0. The number of carbonyl (C=O) groups excluding carboxylic acids is 1. The van der Waals surface area contributed by atoms with E-state index in [2.05, 4.69) is 20.9 Å². The van der Waals surface area contributed by atoms with Crippen LogP contribution < -0.4 is 0 Å². The third-order valence-corrected chi connectivity index (χ3v) is 4.83. The third-order valence-electron chi connectivity index (χ3n) is 4.37. The lowest BCUT2D eigenvalue weighted by Gasteiger charge is -2.28. The average Bonchev–Trinajstić information content (AvgIpc) is 2.96. The van der Waals surface area contributed by atoms with Gasteiger partial charge >= 0.3 is 0 Å². The molecule has 3 heterocycles. The number of aryl methyl sites for hydroxylation is 1. The van der Waals surface area contributed by atoms with E-state index >= 15 is 0 Å². The minimum Gasteiger partial charge on any atom is -0.333 e. The van der Waals surface area contributed by atoms with E-state index in [0.29, 0.717) is 35.2 Å². The molecule has 0 saturated heterocycles. The van der Waals surface area contributed by atoms with Crippen LogP contribution in [0.5, 0.6) is 0 Å². The van der Waals surface area contributed by atoms with Crippen LogP contribution in [0.25, 0.3) is 5.65 Å². The molecule has 0 unspecified atom stereocenters. The van der Waals surface area contributed by atoms with E-state index in [4.69, 9.17) is 0 Å². The predicted octanol–water partition coefficient (Wildman–Crippen LogP) is 3.74. The Bertz CT molecular complexity index is 966. The first-order valence-corrected chi connectivity index (χ1v) is 8.52. The van der Waals surface area contributed by atoms with Gasteiger partial charge in [-0.15, -0.1) is 0 Å². The molecule has 4 nitrogen and oxygen atoms in total. The first-order chi connectivity index (χ1) is 11.5. The van der Waals surface area contributed by atoms with Crippen LogP contribution in [0.1, 0.15) is 27.2 Å². The Labute approximate surface area is 147 Å². The van der Waals surface area contributed by atoms with E-state index in [1.54, 1.807) is 11.1 Å². The molecule has 0 radical (unpaired) electrons. The van der Waals surface area contributed by atoms with Gasteiger partial charge in [-0.05, 0) is 54.3 Å². The topological polar surface area (TPSA) is 37.6 Å². The van der Waals surface area contributed by atoms with Gasteiger partial charge in [0.1, 0.15) is 17.2 Å². The summed E-state index contributed by atoms with van der Waals surface area (Å²) in [6.07, 6.45) is 4.16. The van der Waals surface area contributed by atoms with Crippen LogP contribution in [0.15, 0.2) is 41.1 Å². The van der Waals surface area contributed by atoms with Gasteiger partial charge in [0.05, 0.1) is 0 Å². The summed E-state index contributed by atoms with van der Waals surface area (Å²) in [5.41, 5.74) is 3.82. The molecular weight excluding hydrogens is 373 g/mol. The molecule has 4 rings (SSSR count). The number of pyridine rings is 1. The van der Waals surface area contributed by atoms with Crippen molar-refractivity contribution in [2.24, 2.45) is 0 Å². The summed E-state index contributed by atoms with van der Waals surface area (Å²) in [5, 5.41) is 0. The van der Waals surface area contributed by atoms with E-state index in [0.717, 1.165) is 16.8 Å². The molecular formula is C18H15BrFN3O. The molecule has 0 atom stereocenters. The molecule has 0 N–H and O–H groups in total. The fourth-order valence-electron chi connectivity index (χ4n) is 3.13. The van der Waals surface area contributed by atoms with Gasteiger partial charge in [-0.3, -0.25) is 4.79 Å². The maximum atomic E-state index is 14.0. The Hall–Kier alpha value is -2.21. The third kappa shape index (κ3) is 2.60. The predicted molar refractivity (Wildman–Crippen MR) is 92.5 cm³/mol. The summed E-state index contributed by atoms with van der Waals surface area (Å²) in [4.78, 5) is 18.9. The zero-order valence-corrected chi connectivity index (χ0v) is 14.7. The number of imidazole rings is 1. The lowest BCUT2D eigenvalue weighted by molar-refractivity contribution is 0.0728. The summed E-state index contributed by atoms with van der Waals surface area (Å²) in [5.74, 6) is -0.336. The molecule has 0 spiro atoms. The highest BCUT2D eigenvalue weighted by Crippen LogP contribution is 2.26. The Morgan fingerprint density at radius 1 is 1.33 bits per heavy atom. The van der Waals surface area contributed by atoms with E-state index in [1.165, 1.54) is 6.07 Å². The fourth-order valence-corrected chi connectivity index (χ4v) is 3.61. The average molecular weight is 388 g/mol. The van der Waals surface area contributed by atoms with Gasteiger partial charge in [-0.2, -0.15) is 0 Å². The molecule has 122 valence electrons. The van der Waals surface area contributed by atoms with Gasteiger partial charge in [0.2, 0.25) is 0 Å². The normalized spacial score (nSPS) is 14.0. The number of amides is 1. The number of halogens is 2. The number of carbonyl (C=O) groups is 1. The molecule has 0 fully saturated rings. The maximum absolute atomic E-state index is 14.0. The van der Waals surface area contributed by atoms with Crippen LogP contribution in [-0.4, -0.2) is 26.7 Å². The Morgan fingerprint density at radius 3 is 3.00 bits per heavy atom. The maximum Gasteiger partial charge on any atom is 0.274 e. The summed E-state index contributed by atoms with van der Waals surface area (Å²) >= 11 is 3.31. The van der Waals surface area contributed by atoms with Crippen molar-refractivity contribution in [2.75, 3.05) is 6.54 Å². The standard InChI is InChI=1S/C18H15BrFN3O/c1-11-2-4-22-10-16(21-17(22)6-11)18(24)23-5-3-14-12(9-23)7-13(19)8-15(14)20/h2,4,6-8,10H,3,5,9H2,1H3. The quantitative estimate of drug-likeness (QED) is 0.637. The molecule has 1 aliphatic heterocycles. The minimum atomic E-state index is -0.213. The fraction of sp³-hybridized carbons (Fsp3) is 0.222. The molecule has 1 aliphatic rings. The number of rotatable bonds is 1. The van der Waals surface area contributed by atoms with E-state index in [1.807, 2.05) is 35.7 Å². The molecule has 0 saturated carbocycles. The lowest BCUT2D eigenvalue weighted by Crippen LogP contribution is -2.36.